The summed E-state index contributed by atoms with van der Waals surface area (Å²) in [5.41, 5.74) is 2.56. The predicted molar refractivity (Wildman–Crippen MR) is 84.6 cm³/mol. The number of hydrogen-bond donors (Lipinski definition) is 2. The molecule has 2 atom stereocenters. The molecule has 116 valence electrons. The molecule has 4 nitrogen and oxygen atoms in total. The van der Waals surface area contributed by atoms with Crippen molar-refractivity contribution < 1.29 is 9.53 Å². The molecular formula is C17H26N2O2. The van der Waals surface area contributed by atoms with Gasteiger partial charge in [-0.3, -0.25) is 4.79 Å². The van der Waals surface area contributed by atoms with Crippen molar-refractivity contribution in [1.29, 1.82) is 0 Å². The molecule has 1 aliphatic rings. The van der Waals surface area contributed by atoms with Crippen molar-refractivity contribution in [1.82, 2.24) is 10.6 Å². The van der Waals surface area contributed by atoms with Crippen LogP contribution in [0.4, 0.5) is 0 Å². The van der Waals surface area contributed by atoms with Crippen LogP contribution >= 0.6 is 0 Å². The molecule has 0 aromatic heterocycles. The van der Waals surface area contributed by atoms with E-state index in [1.807, 2.05) is 19.1 Å². The number of amides is 1. The fraction of sp³-hybridized carbons (Fsp3) is 0.588. The summed E-state index contributed by atoms with van der Waals surface area (Å²) in [6.45, 7) is 7.63. The number of rotatable bonds is 7. The van der Waals surface area contributed by atoms with E-state index in [4.69, 9.17) is 4.74 Å². The summed E-state index contributed by atoms with van der Waals surface area (Å²) in [4.78, 5) is 11.9. The lowest BCUT2D eigenvalue weighted by Crippen LogP contribution is -2.36. The average molecular weight is 290 g/mol. The van der Waals surface area contributed by atoms with E-state index in [0.29, 0.717) is 12.6 Å². The molecule has 0 bridgehead atoms. The molecule has 2 unspecified atom stereocenters. The highest BCUT2D eigenvalue weighted by Gasteiger charge is 2.25. The third-order valence-electron chi connectivity index (χ3n) is 3.90. The van der Waals surface area contributed by atoms with Crippen molar-refractivity contribution in [3.05, 3.63) is 29.3 Å². The average Bonchev–Trinajstić information content (AvgIpc) is 2.89. The van der Waals surface area contributed by atoms with Gasteiger partial charge in [0.15, 0.2) is 6.10 Å². The molecule has 2 N–H and O–H groups in total. The first-order valence-electron chi connectivity index (χ1n) is 7.96. The largest absolute Gasteiger partial charge is 0.481 e. The molecule has 21 heavy (non-hydrogen) atoms. The maximum atomic E-state index is 11.9. The SMILES string of the molecule is CCCNC(=O)C(C)Oc1cccc2c1CCC2NCC. The topological polar surface area (TPSA) is 50.4 Å². The second-order valence-electron chi connectivity index (χ2n) is 5.52. The highest BCUT2D eigenvalue weighted by molar-refractivity contribution is 5.80. The molecule has 4 heteroatoms. The van der Waals surface area contributed by atoms with Crippen molar-refractivity contribution in [2.24, 2.45) is 0 Å². The first kappa shape index (κ1) is 15.8. The van der Waals surface area contributed by atoms with Crippen LogP contribution in [-0.2, 0) is 11.2 Å². The summed E-state index contributed by atoms with van der Waals surface area (Å²) in [6.07, 6.45) is 2.58. The normalized spacial score (nSPS) is 18.1. The smallest absolute Gasteiger partial charge is 0.260 e. The maximum absolute atomic E-state index is 11.9. The summed E-state index contributed by atoms with van der Waals surface area (Å²) < 4.78 is 5.90. The number of fused-ring (bicyclic) bond motifs is 1. The highest BCUT2D eigenvalue weighted by atomic mass is 16.5. The molecule has 0 radical (unpaired) electrons. The summed E-state index contributed by atoms with van der Waals surface area (Å²) >= 11 is 0. The predicted octanol–water partition coefficient (Wildman–Crippen LogP) is 2.58. The van der Waals surface area contributed by atoms with Crippen LogP contribution in [0.3, 0.4) is 0 Å². The van der Waals surface area contributed by atoms with E-state index in [2.05, 4.69) is 23.6 Å². The van der Waals surface area contributed by atoms with Crippen LogP contribution < -0.4 is 15.4 Å². The lowest BCUT2D eigenvalue weighted by atomic mass is 10.1. The van der Waals surface area contributed by atoms with Gasteiger partial charge in [-0.1, -0.05) is 26.0 Å². The van der Waals surface area contributed by atoms with E-state index in [0.717, 1.165) is 31.6 Å². The van der Waals surface area contributed by atoms with Gasteiger partial charge in [0.25, 0.3) is 5.91 Å². The molecule has 0 saturated heterocycles. The Hall–Kier alpha value is -1.55. The molecule has 0 aliphatic heterocycles. The fourth-order valence-corrected chi connectivity index (χ4v) is 2.83. The second-order valence-corrected chi connectivity index (χ2v) is 5.52. The third-order valence-corrected chi connectivity index (χ3v) is 3.90. The Labute approximate surface area is 127 Å². The van der Waals surface area contributed by atoms with Crippen molar-refractivity contribution in [2.45, 2.75) is 52.2 Å². The third kappa shape index (κ3) is 3.76. The van der Waals surface area contributed by atoms with Gasteiger partial charge in [-0.05, 0) is 49.9 Å². The van der Waals surface area contributed by atoms with E-state index in [1.165, 1.54) is 11.1 Å². The quantitative estimate of drug-likeness (QED) is 0.811. The van der Waals surface area contributed by atoms with Gasteiger partial charge in [0.2, 0.25) is 0 Å². The Kier molecular flexibility index (Phi) is 5.62. The Morgan fingerprint density at radius 2 is 2.24 bits per heavy atom. The van der Waals surface area contributed by atoms with Gasteiger partial charge >= 0.3 is 0 Å². The van der Waals surface area contributed by atoms with Crippen molar-refractivity contribution in [3.63, 3.8) is 0 Å². The second kappa shape index (κ2) is 7.46. The molecule has 1 aromatic rings. The van der Waals surface area contributed by atoms with Crippen LogP contribution in [0.5, 0.6) is 5.75 Å². The summed E-state index contributed by atoms with van der Waals surface area (Å²) in [6, 6.07) is 6.56. The standard InChI is InChI=1S/C17H26N2O2/c1-4-11-19-17(20)12(3)21-16-8-6-7-13-14(16)9-10-15(13)18-5-2/h6-8,12,15,18H,4-5,9-11H2,1-3H3,(H,19,20). The molecular weight excluding hydrogens is 264 g/mol. The molecule has 1 amide bonds. The van der Waals surface area contributed by atoms with Gasteiger partial charge < -0.3 is 15.4 Å². The zero-order chi connectivity index (χ0) is 15.2. The van der Waals surface area contributed by atoms with Crippen LogP contribution in [0.25, 0.3) is 0 Å². The molecule has 0 spiro atoms. The van der Waals surface area contributed by atoms with Crippen LogP contribution in [0.15, 0.2) is 18.2 Å². The lowest BCUT2D eigenvalue weighted by molar-refractivity contribution is -0.127. The van der Waals surface area contributed by atoms with E-state index in [-0.39, 0.29) is 5.91 Å². The molecule has 1 aliphatic carbocycles. The van der Waals surface area contributed by atoms with Crippen LogP contribution in [-0.4, -0.2) is 25.1 Å². The molecule has 0 fully saturated rings. The molecule has 0 saturated carbocycles. The lowest BCUT2D eigenvalue weighted by Gasteiger charge is -2.18. The van der Waals surface area contributed by atoms with Crippen molar-refractivity contribution >= 4 is 5.91 Å². The van der Waals surface area contributed by atoms with Gasteiger partial charge in [0.1, 0.15) is 5.75 Å². The van der Waals surface area contributed by atoms with Crippen molar-refractivity contribution in [2.75, 3.05) is 13.1 Å². The Bertz CT molecular complexity index is 488. The molecule has 2 rings (SSSR count). The first-order chi connectivity index (χ1) is 10.2. The van der Waals surface area contributed by atoms with Crippen LogP contribution in [0.1, 0.15) is 50.8 Å². The Balaban J connectivity index is 2.06. The minimum atomic E-state index is -0.457. The van der Waals surface area contributed by atoms with E-state index in [9.17, 15) is 4.79 Å². The summed E-state index contributed by atoms with van der Waals surface area (Å²) in [7, 11) is 0. The Morgan fingerprint density at radius 3 is 2.95 bits per heavy atom. The fourth-order valence-electron chi connectivity index (χ4n) is 2.83. The van der Waals surface area contributed by atoms with Crippen molar-refractivity contribution in [3.8, 4) is 5.75 Å². The number of carbonyl (C=O) groups is 1. The minimum Gasteiger partial charge on any atom is -0.481 e. The zero-order valence-electron chi connectivity index (χ0n) is 13.2. The molecule has 1 aromatic carbocycles. The minimum absolute atomic E-state index is 0.0457. The number of nitrogens with one attached hydrogen (secondary N) is 2. The van der Waals surface area contributed by atoms with Gasteiger partial charge in [-0.25, -0.2) is 0 Å². The van der Waals surface area contributed by atoms with E-state index < -0.39 is 6.10 Å². The van der Waals surface area contributed by atoms with Gasteiger partial charge in [-0.15, -0.1) is 0 Å². The van der Waals surface area contributed by atoms with Gasteiger partial charge in [-0.2, -0.15) is 0 Å². The number of benzene rings is 1. The summed E-state index contributed by atoms with van der Waals surface area (Å²) in [5.74, 6) is 0.808. The first-order valence-corrected chi connectivity index (χ1v) is 7.96. The molecule has 0 heterocycles. The van der Waals surface area contributed by atoms with E-state index >= 15 is 0 Å². The number of hydrogen-bond acceptors (Lipinski definition) is 3. The zero-order valence-corrected chi connectivity index (χ0v) is 13.2. The van der Waals surface area contributed by atoms with Crippen LogP contribution in [0, 0.1) is 0 Å². The van der Waals surface area contributed by atoms with Crippen LogP contribution in [0.2, 0.25) is 0 Å². The number of carbonyl (C=O) groups excluding carboxylic acids is 1. The summed E-state index contributed by atoms with van der Waals surface area (Å²) in [5, 5.41) is 6.37. The maximum Gasteiger partial charge on any atom is 0.260 e. The van der Waals surface area contributed by atoms with Gasteiger partial charge in [0.05, 0.1) is 0 Å². The Morgan fingerprint density at radius 1 is 1.43 bits per heavy atom. The number of ether oxygens (including phenoxy) is 1. The van der Waals surface area contributed by atoms with Gasteiger partial charge in [0, 0.05) is 12.6 Å². The van der Waals surface area contributed by atoms with E-state index in [1.54, 1.807) is 6.92 Å². The monoisotopic (exact) mass is 290 g/mol. The highest BCUT2D eigenvalue weighted by Crippen LogP contribution is 2.37.